The Bertz CT molecular complexity index is 173. The zero-order valence-electron chi connectivity index (χ0n) is 6.93. The Balaban J connectivity index is 0.00000144. The molecule has 1 heterocycles. The van der Waals surface area contributed by atoms with Crippen molar-refractivity contribution < 1.29 is 18.0 Å². The van der Waals surface area contributed by atoms with E-state index < -0.39 is 12.7 Å². The van der Waals surface area contributed by atoms with Crippen molar-refractivity contribution in [1.29, 1.82) is 0 Å². The second-order valence-electron chi connectivity index (χ2n) is 2.93. The molecule has 0 bridgehead atoms. The molecule has 1 aliphatic rings. The van der Waals surface area contributed by atoms with E-state index in [2.05, 4.69) is 0 Å². The van der Waals surface area contributed by atoms with Gasteiger partial charge in [-0.3, -0.25) is 9.69 Å². The molecule has 1 fully saturated rings. The molecule has 78 valence electrons. The van der Waals surface area contributed by atoms with Crippen LogP contribution in [0.2, 0.25) is 0 Å². The van der Waals surface area contributed by atoms with E-state index in [1.54, 1.807) is 0 Å². The third-order valence-corrected chi connectivity index (χ3v) is 1.82. The zero-order chi connectivity index (χ0) is 9.19. The highest BCUT2D eigenvalue weighted by molar-refractivity contribution is 5.85. The Morgan fingerprint density at radius 2 is 1.69 bits per heavy atom. The van der Waals surface area contributed by atoms with Crippen LogP contribution in [0.4, 0.5) is 13.2 Å². The number of piperidine rings is 1. The normalized spacial score (nSPS) is 19.8. The highest BCUT2D eigenvalue weighted by atomic mass is 35.5. The van der Waals surface area contributed by atoms with Crippen LogP contribution in [0, 0.1) is 0 Å². The lowest BCUT2D eigenvalue weighted by Gasteiger charge is -2.26. The van der Waals surface area contributed by atoms with Gasteiger partial charge in [0.1, 0.15) is 5.78 Å². The molecule has 0 aliphatic carbocycles. The van der Waals surface area contributed by atoms with Gasteiger partial charge in [0.15, 0.2) is 0 Å². The SMILES string of the molecule is Cl.O=C1CCN(CC(F)(F)F)CC1. The first kappa shape index (κ1) is 12.7. The third-order valence-electron chi connectivity index (χ3n) is 1.82. The molecule has 13 heavy (non-hydrogen) atoms. The first-order valence-electron chi connectivity index (χ1n) is 3.78. The Labute approximate surface area is 80.5 Å². The molecule has 0 aromatic carbocycles. The fraction of sp³-hybridized carbons (Fsp3) is 0.857. The third kappa shape index (κ3) is 5.10. The standard InChI is InChI=1S/C7H10F3NO.ClH/c8-7(9,10)5-11-3-1-6(12)2-4-11;/h1-5H2;1H. The van der Waals surface area contributed by atoms with Gasteiger partial charge in [0.25, 0.3) is 0 Å². The number of rotatable bonds is 1. The van der Waals surface area contributed by atoms with Gasteiger partial charge in [-0.1, -0.05) is 0 Å². The number of carbonyl (C=O) groups is 1. The lowest BCUT2D eigenvalue weighted by molar-refractivity contribution is -0.150. The molecule has 0 atom stereocenters. The van der Waals surface area contributed by atoms with Gasteiger partial charge in [-0.15, -0.1) is 12.4 Å². The highest BCUT2D eigenvalue weighted by Gasteiger charge is 2.31. The van der Waals surface area contributed by atoms with Crippen LogP contribution >= 0.6 is 12.4 Å². The predicted molar refractivity (Wildman–Crippen MR) is 44.0 cm³/mol. The molecule has 0 amide bonds. The molecule has 1 rings (SSSR count). The number of carbonyl (C=O) groups excluding carboxylic acids is 1. The zero-order valence-corrected chi connectivity index (χ0v) is 7.75. The molecule has 1 saturated heterocycles. The van der Waals surface area contributed by atoms with Gasteiger partial charge in [0, 0.05) is 25.9 Å². The number of ketones is 1. The molecule has 0 saturated carbocycles. The van der Waals surface area contributed by atoms with Crippen molar-refractivity contribution in [2.75, 3.05) is 19.6 Å². The van der Waals surface area contributed by atoms with Crippen LogP contribution in [-0.4, -0.2) is 36.5 Å². The van der Waals surface area contributed by atoms with E-state index in [1.807, 2.05) is 0 Å². The molecule has 0 radical (unpaired) electrons. The quantitative estimate of drug-likeness (QED) is 0.666. The Morgan fingerprint density at radius 3 is 2.08 bits per heavy atom. The fourth-order valence-corrected chi connectivity index (χ4v) is 1.21. The maximum Gasteiger partial charge on any atom is 0.401 e. The average molecular weight is 218 g/mol. The summed E-state index contributed by atoms with van der Waals surface area (Å²) in [4.78, 5) is 11.9. The van der Waals surface area contributed by atoms with E-state index in [4.69, 9.17) is 0 Å². The van der Waals surface area contributed by atoms with Gasteiger partial charge in [-0.2, -0.15) is 13.2 Å². The van der Waals surface area contributed by atoms with Crippen LogP contribution in [0.25, 0.3) is 0 Å². The summed E-state index contributed by atoms with van der Waals surface area (Å²) in [6.07, 6.45) is -3.62. The molecule has 0 unspecified atom stereocenters. The molecule has 0 aromatic rings. The minimum atomic E-state index is -4.14. The van der Waals surface area contributed by atoms with Crippen molar-refractivity contribution in [3.05, 3.63) is 0 Å². The largest absolute Gasteiger partial charge is 0.401 e. The van der Waals surface area contributed by atoms with Gasteiger partial charge < -0.3 is 0 Å². The molecular weight excluding hydrogens is 207 g/mol. The number of alkyl halides is 3. The second kappa shape index (κ2) is 4.81. The van der Waals surface area contributed by atoms with Crippen LogP contribution < -0.4 is 0 Å². The number of hydrogen-bond donors (Lipinski definition) is 0. The maximum atomic E-state index is 11.8. The summed E-state index contributed by atoms with van der Waals surface area (Å²) in [5, 5.41) is 0. The van der Waals surface area contributed by atoms with Crippen LogP contribution in [0.3, 0.4) is 0 Å². The van der Waals surface area contributed by atoms with Crippen molar-refractivity contribution in [2.24, 2.45) is 0 Å². The molecule has 6 heteroatoms. The van der Waals surface area contributed by atoms with Crippen molar-refractivity contribution in [2.45, 2.75) is 19.0 Å². The van der Waals surface area contributed by atoms with Gasteiger partial charge in [-0.25, -0.2) is 0 Å². The van der Waals surface area contributed by atoms with E-state index in [0.717, 1.165) is 0 Å². The van der Waals surface area contributed by atoms with Crippen molar-refractivity contribution in [3.63, 3.8) is 0 Å². The van der Waals surface area contributed by atoms with E-state index in [-0.39, 0.29) is 44.1 Å². The van der Waals surface area contributed by atoms with Crippen LogP contribution in [0.1, 0.15) is 12.8 Å². The first-order chi connectivity index (χ1) is 5.47. The summed E-state index contributed by atoms with van der Waals surface area (Å²) in [5.74, 6) is 0.0634. The molecule has 0 N–H and O–H groups in total. The topological polar surface area (TPSA) is 20.3 Å². The fourth-order valence-electron chi connectivity index (χ4n) is 1.21. The van der Waals surface area contributed by atoms with E-state index >= 15 is 0 Å². The van der Waals surface area contributed by atoms with E-state index in [0.29, 0.717) is 0 Å². The van der Waals surface area contributed by atoms with Crippen LogP contribution in [0.15, 0.2) is 0 Å². The number of Topliss-reactive ketones (excluding diaryl/α,β-unsaturated/α-hetero) is 1. The summed E-state index contributed by atoms with van der Waals surface area (Å²) < 4.78 is 35.4. The lowest BCUT2D eigenvalue weighted by atomic mass is 10.1. The monoisotopic (exact) mass is 217 g/mol. The molecule has 0 spiro atoms. The van der Waals surface area contributed by atoms with E-state index in [1.165, 1.54) is 4.90 Å². The predicted octanol–water partition coefficient (Wildman–Crippen LogP) is 1.64. The number of hydrogen-bond acceptors (Lipinski definition) is 2. The van der Waals surface area contributed by atoms with Gasteiger partial charge in [0.05, 0.1) is 6.54 Å². The summed E-state index contributed by atoms with van der Waals surface area (Å²) in [5.41, 5.74) is 0. The van der Waals surface area contributed by atoms with Gasteiger partial charge in [0.2, 0.25) is 0 Å². The van der Waals surface area contributed by atoms with E-state index in [9.17, 15) is 18.0 Å². The lowest BCUT2D eigenvalue weighted by Crippen LogP contribution is -2.40. The van der Waals surface area contributed by atoms with Crippen molar-refractivity contribution in [3.8, 4) is 0 Å². The first-order valence-corrected chi connectivity index (χ1v) is 3.78. The molecule has 0 aromatic heterocycles. The smallest absolute Gasteiger partial charge is 0.300 e. The molecule has 2 nitrogen and oxygen atoms in total. The van der Waals surface area contributed by atoms with Gasteiger partial charge >= 0.3 is 6.18 Å². The number of nitrogens with zero attached hydrogens (tertiary/aromatic N) is 1. The minimum Gasteiger partial charge on any atom is -0.300 e. The average Bonchev–Trinajstić information content (AvgIpc) is 1.91. The minimum absolute atomic E-state index is 0. The Kier molecular flexibility index (Phi) is 4.70. The van der Waals surface area contributed by atoms with Crippen molar-refractivity contribution >= 4 is 18.2 Å². The second-order valence-corrected chi connectivity index (χ2v) is 2.93. The molecule has 1 aliphatic heterocycles. The van der Waals surface area contributed by atoms with Crippen LogP contribution in [0.5, 0.6) is 0 Å². The van der Waals surface area contributed by atoms with Gasteiger partial charge in [-0.05, 0) is 0 Å². The number of likely N-dealkylation sites (tertiary alicyclic amines) is 1. The summed E-state index contributed by atoms with van der Waals surface area (Å²) in [6.45, 7) is -0.392. The summed E-state index contributed by atoms with van der Waals surface area (Å²) in [6, 6.07) is 0. The number of halogens is 4. The maximum absolute atomic E-state index is 11.8. The Hall–Kier alpha value is -0.290. The Morgan fingerprint density at radius 1 is 1.23 bits per heavy atom. The van der Waals surface area contributed by atoms with Crippen molar-refractivity contribution in [1.82, 2.24) is 4.90 Å². The summed E-state index contributed by atoms with van der Waals surface area (Å²) in [7, 11) is 0. The van der Waals surface area contributed by atoms with Crippen LogP contribution in [-0.2, 0) is 4.79 Å². The summed E-state index contributed by atoms with van der Waals surface area (Å²) >= 11 is 0. The molecular formula is C7H11ClF3NO. The highest BCUT2D eigenvalue weighted by Crippen LogP contribution is 2.18.